The minimum atomic E-state index is -3.39. The summed E-state index contributed by atoms with van der Waals surface area (Å²) in [4.78, 5) is 0. The van der Waals surface area contributed by atoms with Crippen LogP contribution in [-0.2, 0) is 21.4 Å². The Kier molecular flexibility index (Phi) is 4.54. The summed E-state index contributed by atoms with van der Waals surface area (Å²) in [5, 5.41) is 9.37. The number of rotatable bonds is 7. The Morgan fingerprint density at radius 3 is 2.64 bits per heavy atom. The zero-order valence-electron chi connectivity index (χ0n) is 12.6. The quantitative estimate of drug-likeness (QED) is 0.825. The van der Waals surface area contributed by atoms with Crippen LogP contribution in [0.5, 0.6) is 0 Å². The Balaban J connectivity index is 1.63. The first-order chi connectivity index (χ1) is 10.6. The Hall–Kier alpha value is -0.950. The summed E-state index contributed by atoms with van der Waals surface area (Å²) in [6.07, 6.45) is 2.87. The molecule has 122 valence electrons. The van der Waals surface area contributed by atoms with Gasteiger partial charge in [0.15, 0.2) is 0 Å². The molecule has 1 saturated carbocycles. The lowest BCUT2D eigenvalue weighted by Gasteiger charge is -2.28. The van der Waals surface area contributed by atoms with Crippen molar-refractivity contribution >= 4 is 10.0 Å². The predicted octanol–water partition coefficient (Wildman–Crippen LogP) is 1.52. The number of hydrogen-bond acceptors (Lipinski definition) is 4. The summed E-state index contributed by atoms with van der Waals surface area (Å²) in [6.45, 7) is 1.09. The second-order valence-corrected chi connectivity index (χ2v) is 8.54. The molecule has 1 saturated heterocycles. The summed E-state index contributed by atoms with van der Waals surface area (Å²) in [7, 11) is -3.39. The molecule has 6 heteroatoms. The lowest BCUT2D eigenvalue weighted by Crippen LogP contribution is -2.46. The van der Waals surface area contributed by atoms with Gasteiger partial charge in [-0.2, -0.15) is 4.31 Å². The van der Waals surface area contributed by atoms with Gasteiger partial charge < -0.3 is 9.84 Å². The van der Waals surface area contributed by atoms with Gasteiger partial charge in [-0.1, -0.05) is 30.3 Å². The molecule has 0 bridgehead atoms. The van der Waals surface area contributed by atoms with Crippen molar-refractivity contribution < 1.29 is 18.3 Å². The fourth-order valence-corrected chi connectivity index (χ4v) is 5.38. The van der Waals surface area contributed by atoms with Gasteiger partial charge in [0.05, 0.1) is 19.8 Å². The van der Waals surface area contributed by atoms with Crippen LogP contribution in [0, 0.1) is 0 Å². The maximum Gasteiger partial charge on any atom is 0.222 e. The molecule has 5 nitrogen and oxygen atoms in total. The minimum absolute atomic E-state index is 0.0970. The van der Waals surface area contributed by atoms with Crippen LogP contribution in [-0.4, -0.2) is 48.4 Å². The molecular weight excluding hydrogens is 302 g/mol. The molecule has 1 atom stereocenters. The lowest BCUT2D eigenvalue weighted by molar-refractivity contribution is 0.114. The van der Waals surface area contributed by atoms with E-state index in [9.17, 15) is 13.5 Å². The van der Waals surface area contributed by atoms with E-state index in [1.807, 2.05) is 30.3 Å². The highest BCUT2D eigenvalue weighted by Crippen LogP contribution is 2.47. The lowest BCUT2D eigenvalue weighted by atomic mass is 10.2. The minimum Gasteiger partial charge on any atom is -0.395 e. The molecule has 1 aromatic carbocycles. The molecule has 1 aromatic rings. The molecule has 0 amide bonds. The molecule has 22 heavy (non-hydrogen) atoms. The van der Waals surface area contributed by atoms with Gasteiger partial charge in [-0.3, -0.25) is 0 Å². The molecule has 2 aliphatic rings. The van der Waals surface area contributed by atoms with E-state index < -0.39 is 14.8 Å². The summed E-state index contributed by atoms with van der Waals surface area (Å²) in [6, 6.07) is 9.51. The van der Waals surface area contributed by atoms with Crippen molar-refractivity contribution in [3.8, 4) is 0 Å². The van der Waals surface area contributed by atoms with Crippen molar-refractivity contribution in [1.82, 2.24) is 4.31 Å². The van der Waals surface area contributed by atoms with E-state index in [-0.39, 0.29) is 19.3 Å². The maximum absolute atomic E-state index is 12.9. The standard InChI is InChI=1S/C16H23NO4S/c18-11-15-7-4-10-17(15)22(19,20)16(8-9-16)13-21-12-14-5-2-1-3-6-14/h1-3,5-6,15,18H,4,7-13H2/t15-/m0/s1. The second-order valence-electron chi connectivity index (χ2n) is 6.26. The van der Waals surface area contributed by atoms with Gasteiger partial charge in [0, 0.05) is 12.6 Å². The SMILES string of the molecule is O=S(=O)(N1CCC[C@H]1CO)C1(COCc2ccccc2)CC1. The van der Waals surface area contributed by atoms with Crippen LogP contribution in [0.25, 0.3) is 0 Å². The van der Waals surface area contributed by atoms with Gasteiger partial charge in [0.2, 0.25) is 10.0 Å². The van der Waals surface area contributed by atoms with E-state index in [1.54, 1.807) is 0 Å². The first-order valence-electron chi connectivity index (χ1n) is 7.83. The monoisotopic (exact) mass is 325 g/mol. The van der Waals surface area contributed by atoms with Crippen LogP contribution < -0.4 is 0 Å². The molecule has 1 aliphatic heterocycles. The highest BCUT2D eigenvalue weighted by Gasteiger charge is 2.58. The van der Waals surface area contributed by atoms with Gasteiger partial charge in [-0.15, -0.1) is 0 Å². The summed E-state index contributed by atoms with van der Waals surface area (Å²) < 4.78 is 32.2. The van der Waals surface area contributed by atoms with Crippen molar-refractivity contribution in [3.63, 3.8) is 0 Å². The molecule has 1 N–H and O–H groups in total. The van der Waals surface area contributed by atoms with Crippen molar-refractivity contribution in [1.29, 1.82) is 0 Å². The average Bonchev–Trinajstić information content (AvgIpc) is 3.16. The third-order valence-corrected chi connectivity index (χ3v) is 7.39. The summed E-state index contributed by atoms with van der Waals surface area (Å²) in [5.74, 6) is 0. The fraction of sp³-hybridized carbons (Fsp3) is 0.625. The normalized spacial score (nSPS) is 24.5. The van der Waals surface area contributed by atoms with Gasteiger partial charge >= 0.3 is 0 Å². The smallest absolute Gasteiger partial charge is 0.222 e. The topological polar surface area (TPSA) is 66.8 Å². The number of sulfonamides is 1. The van der Waals surface area contributed by atoms with Gasteiger partial charge in [-0.25, -0.2) is 8.42 Å². The van der Waals surface area contributed by atoms with Gasteiger partial charge in [0.25, 0.3) is 0 Å². The van der Waals surface area contributed by atoms with Crippen LogP contribution in [0.15, 0.2) is 30.3 Å². The molecule has 3 rings (SSSR count). The largest absolute Gasteiger partial charge is 0.395 e. The fourth-order valence-electron chi connectivity index (χ4n) is 3.10. The zero-order chi connectivity index (χ0) is 15.6. The number of aliphatic hydroxyl groups excluding tert-OH is 1. The Morgan fingerprint density at radius 2 is 2.00 bits per heavy atom. The third-order valence-electron chi connectivity index (χ3n) is 4.67. The van der Waals surface area contributed by atoms with Crippen molar-refractivity contribution in [2.24, 2.45) is 0 Å². The first kappa shape index (κ1) is 15.9. The Labute approximate surface area is 131 Å². The van der Waals surface area contributed by atoms with Crippen molar-refractivity contribution in [2.45, 2.75) is 43.1 Å². The number of hydrogen-bond donors (Lipinski definition) is 1. The molecule has 0 unspecified atom stereocenters. The summed E-state index contributed by atoms with van der Waals surface area (Å²) in [5.41, 5.74) is 1.05. The van der Waals surface area contributed by atoms with Crippen molar-refractivity contribution in [3.05, 3.63) is 35.9 Å². The van der Waals surface area contributed by atoms with Crippen LogP contribution in [0.1, 0.15) is 31.2 Å². The average molecular weight is 325 g/mol. The number of benzene rings is 1. The Morgan fingerprint density at radius 1 is 1.27 bits per heavy atom. The van der Waals surface area contributed by atoms with Crippen molar-refractivity contribution in [2.75, 3.05) is 19.8 Å². The van der Waals surface area contributed by atoms with Crippen LogP contribution >= 0.6 is 0 Å². The number of ether oxygens (including phenoxy) is 1. The van der Waals surface area contributed by atoms with Gasteiger partial charge in [0.1, 0.15) is 4.75 Å². The van der Waals surface area contributed by atoms with Crippen LogP contribution in [0.2, 0.25) is 0 Å². The number of nitrogens with zero attached hydrogens (tertiary/aromatic N) is 1. The first-order valence-corrected chi connectivity index (χ1v) is 9.27. The van der Waals surface area contributed by atoms with Crippen LogP contribution in [0.3, 0.4) is 0 Å². The zero-order valence-corrected chi connectivity index (χ0v) is 13.5. The van der Waals surface area contributed by atoms with Gasteiger partial charge in [-0.05, 0) is 31.2 Å². The molecule has 1 heterocycles. The van der Waals surface area contributed by atoms with E-state index in [0.717, 1.165) is 18.4 Å². The summed E-state index contributed by atoms with van der Waals surface area (Å²) >= 11 is 0. The van der Waals surface area contributed by atoms with E-state index in [2.05, 4.69) is 0 Å². The maximum atomic E-state index is 12.9. The second kappa shape index (κ2) is 6.28. The highest BCUT2D eigenvalue weighted by atomic mass is 32.2. The highest BCUT2D eigenvalue weighted by molar-refractivity contribution is 7.90. The Bertz CT molecular complexity index is 598. The number of aliphatic hydroxyl groups is 1. The predicted molar refractivity (Wildman–Crippen MR) is 83.8 cm³/mol. The van der Waals surface area contributed by atoms with E-state index >= 15 is 0 Å². The molecular formula is C16H23NO4S. The van der Waals surface area contributed by atoms with E-state index in [1.165, 1.54) is 4.31 Å². The van der Waals surface area contributed by atoms with E-state index in [0.29, 0.717) is 26.0 Å². The molecule has 0 spiro atoms. The molecule has 2 fully saturated rings. The molecule has 1 aliphatic carbocycles. The molecule has 0 radical (unpaired) electrons. The van der Waals surface area contributed by atoms with E-state index in [4.69, 9.17) is 4.74 Å². The molecule has 0 aromatic heterocycles. The van der Waals surface area contributed by atoms with Crippen LogP contribution in [0.4, 0.5) is 0 Å². The third kappa shape index (κ3) is 2.93.